The van der Waals surface area contributed by atoms with E-state index in [-0.39, 0.29) is 21.5 Å². The number of aromatic nitrogens is 2. The van der Waals surface area contributed by atoms with Crippen molar-refractivity contribution in [2.24, 2.45) is 0 Å². The van der Waals surface area contributed by atoms with Gasteiger partial charge in [0.2, 0.25) is 15.9 Å². The van der Waals surface area contributed by atoms with E-state index < -0.39 is 15.3 Å². The van der Waals surface area contributed by atoms with Gasteiger partial charge in [0.1, 0.15) is 0 Å². The lowest BCUT2D eigenvalue weighted by Crippen LogP contribution is -2.35. The highest BCUT2D eigenvalue weighted by atomic mass is 35.5. The number of hydrogen-bond donors (Lipinski definition) is 2. The molecule has 0 radical (unpaired) electrons. The first-order valence-electron chi connectivity index (χ1n) is 10.1. The molecule has 0 spiro atoms. The highest BCUT2D eigenvalue weighted by Gasteiger charge is 2.27. The summed E-state index contributed by atoms with van der Waals surface area (Å²) in [6, 6.07) is 12.1. The van der Waals surface area contributed by atoms with E-state index in [1.165, 1.54) is 34.3 Å². The third-order valence-electron chi connectivity index (χ3n) is 5.17. The van der Waals surface area contributed by atoms with Crippen molar-refractivity contribution in [3.8, 4) is 0 Å². The number of halogens is 1. The third kappa shape index (κ3) is 4.90. The maximum atomic E-state index is 13.0. The van der Waals surface area contributed by atoms with Crippen molar-refractivity contribution in [1.29, 1.82) is 0 Å². The third-order valence-corrected chi connectivity index (χ3v) is 8.38. The summed E-state index contributed by atoms with van der Waals surface area (Å²) in [7, 11) is -3.62. The van der Waals surface area contributed by atoms with E-state index in [1.54, 1.807) is 6.92 Å². The smallest absolute Gasteiger partial charge is 0.243 e. The Morgan fingerprint density at radius 3 is 2.68 bits per heavy atom. The highest BCUT2D eigenvalue weighted by Crippen LogP contribution is 2.30. The molecule has 3 aromatic rings. The number of para-hydroxylation sites is 2. The average Bonchev–Trinajstić information content (AvgIpc) is 3.18. The molecule has 2 aromatic carbocycles. The largest absolute Gasteiger partial charge is 0.333 e. The van der Waals surface area contributed by atoms with Crippen LogP contribution in [0.4, 0.5) is 5.69 Å². The second-order valence-electron chi connectivity index (χ2n) is 7.41. The Hall–Kier alpha value is -2.07. The Morgan fingerprint density at radius 2 is 1.94 bits per heavy atom. The molecular weight excluding hydrogens is 456 g/mol. The topological polar surface area (TPSA) is 95.2 Å². The molecule has 31 heavy (non-hydrogen) atoms. The molecule has 7 nitrogen and oxygen atoms in total. The Morgan fingerprint density at radius 1 is 1.19 bits per heavy atom. The number of carbonyl (C=O) groups excluding carboxylic acids is 1. The summed E-state index contributed by atoms with van der Waals surface area (Å²) in [5.41, 5.74) is 2.01. The quantitative estimate of drug-likeness (QED) is 0.508. The summed E-state index contributed by atoms with van der Waals surface area (Å²) >= 11 is 7.53. The number of benzene rings is 2. The van der Waals surface area contributed by atoms with Crippen LogP contribution in [0.5, 0.6) is 0 Å². The van der Waals surface area contributed by atoms with Gasteiger partial charge in [-0.3, -0.25) is 4.79 Å². The number of anilines is 1. The molecule has 2 heterocycles. The molecule has 0 aliphatic carbocycles. The lowest BCUT2D eigenvalue weighted by Gasteiger charge is -2.26. The van der Waals surface area contributed by atoms with Gasteiger partial charge in [-0.15, -0.1) is 0 Å². The number of rotatable bonds is 6. The van der Waals surface area contributed by atoms with Crippen molar-refractivity contribution >= 4 is 56.0 Å². The number of nitrogens with zero attached hydrogens (tertiary/aromatic N) is 2. The highest BCUT2D eigenvalue weighted by molar-refractivity contribution is 8.00. The minimum absolute atomic E-state index is 0.131. The number of fused-ring (bicyclic) bond motifs is 1. The van der Waals surface area contributed by atoms with Crippen LogP contribution in [0.2, 0.25) is 5.02 Å². The van der Waals surface area contributed by atoms with E-state index in [9.17, 15) is 13.2 Å². The molecule has 1 saturated heterocycles. The molecule has 1 aliphatic heterocycles. The molecule has 1 unspecified atom stereocenters. The predicted octanol–water partition coefficient (Wildman–Crippen LogP) is 4.51. The second kappa shape index (κ2) is 9.20. The number of nitrogens with one attached hydrogen (secondary N) is 2. The first kappa shape index (κ1) is 22.1. The van der Waals surface area contributed by atoms with Crippen LogP contribution < -0.4 is 5.32 Å². The summed E-state index contributed by atoms with van der Waals surface area (Å²) in [4.78, 5) is 20.5. The lowest BCUT2D eigenvalue weighted by atomic mass is 10.2. The van der Waals surface area contributed by atoms with E-state index >= 15 is 0 Å². The number of H-pyrrole nitrogens is 1. The maximum absolute atomic E-state index is 13.0. The van der Waals surface area contributed by atoms with Gasteiger partial charge in [-0.25, -0.2) is 13.4 Å². The molecule has 1 atom stereocenters. The fourth-order valence-corrected chi connectivity index (χ4v) is 5.98. The predicted molar refractivity (Wildman–Crippen MR) is 124 cm³/mol. The molecule has 10 heteroatoms. The van der Waals surface area contributed by atoms with Crippen LogP contribution in [0.25, 0.3) is 11.0 Å². The Balaban J connectivity index is 1.48. The number of aromatic amines is 1. The zero-order valence-electron chi connectivity index (χ0n) is 17.0. The molecule has 0 saturated carbocycles. The first-order chi connectivity index (χ1) is 14.8. The van der Waals surface area contributed by atoms with E-state index in [1.807, 2.05) is 24.3 Å². The van der Waals surface area contributed by atoms with E-state index in [0.29, 0.717) is 18.2 Å². The van der Waals surface area contributed by atoms with Gasteiger partial charge in [0.15, 0.2) is 5.16 Å². The summed E-state index contributed by atoms with van der Waals surface area (Å²) in [5, 5.41) is 3.21. The summed E-state index contributed by atoms with van der Waals surface area (Å²) < 4.78 is 27.4. The number of imidazole rings is 1. The van der Waals surface area contributed by atoms with Gasteiger partial charge in [0, 0.05) is 13.1 Å². The van der Waals surface area contributed by atoms with Crippen molar-refractivity contribution < 1.29 is 13.2 Å². The molecule has 1 fully saturated rings. The maximum Gasteiger partial charge on any atom is 0.243 e. The van der Waals surface area contributed by atoms with E-state index in [0.717, 1.165) is 30.3 Å². The van der Waals surface area contributed by atoms with Gasteiger partial charge in [0.25, 0.3) is 0 Å². The van der Waals surface area contributed by atoms with Crippen molar-refractivity contribution in [2.75, 3.05) is 18.4 Å². The molecule has 1 aromatic heterocycles. The zero-order chi connectivity index (χ0) is 22.0. The Bertz CT molecular complexity index is 1170. The van der Waals surface area contributed by atoms with Crippen molar-refractivity contribution in [3.05, 3.63) is 47.5 Å². The Kier molecular flexibility index (Phi) is 6.57. The van der Waals surface area contributed by atoms with Gasteiger partial charge in [-0.2, -0.15) is 4.31 Å². The van der Waals surface area contributed by atoms with E-state index in [4.69, 9.17) is 11.6 Å². The average molecular weight is 479 g/mol. The van der Waals surface area contributed by atoms with Crippen LogP contribution in [0.3, 0.4) is 0 Å². The minimum atomic E-state index is -3.62. The molecule has 4 rings (SSSR count). The van der Waals surface area contributed by atoms with Crippen LogP contribution >= 0.6 is 23.4 Å². The minimum Gasteiger partial charge on any atom is -0.333 e. The standard InChI is InChI=1S/C21H23ClN4O3S2/c1-14(30-21-24-17-7-3-4-8-18(17)25-21)20(27)23-19-13-15(9-10-16(19)22)31(28,29)26-11-5-2-6-12-26/h3-4,7-10,13-14H,2,5-6,11-12H2,1H3,(H,23,27)(H,24,25). The molecule has 1 aliphatic rings. The van der Waals surface area contributed by atoms with Crippen LogP contribution in [0.1, 0.15) is 26.2 Å². The summed E-state index contributed by atoms with van der Waals surface area (Å²) in [6.07, 6.45) is 2.74. The number of amides is 1. The van der Waals surface area contributed by atoms with Crippen LogP contribution in [-0.2, 0) is 14.8 Å². The van der Waals surface area contributed by atoms with Crippen LogP contribution in [0, 0.1) is 0 Å². The number of hydrogen-bond acceptors (Lipinski definition) is 5. The van der Waals surface area contributed by atoms with E-state index in [2.05, 4.69) is 15.3 Å². The molecule has 1 amide bonds. The van der Waals surface area contributed by atoms with Gasteiger partial charge >= 0.3 is 0 Å². The molecular formula is C21H23ClN4O3S2. The van der Waals surface area contributed by atoms with Gasteiger partial charge < -0.3 is 10.3 Å². The van der Waals surface area contributed by atoms with Gasteiger partial charge in [-0.05, 0) is 50.1 Å². The van der Waals surface area contributed by atoms with Gasteiger partial charge in [-0.1, -0.05) is 41.9 Å². The molecule has 164 valence electrons. The summed E-state index contributed by atoms with van der Waals surface area (Å²) in [5.74, 6) is -0.292. The first-order valence-corrected chi connectivity index (χ1v) is 12.8. The van der Waals surface area contributed by atoms with Crippen molar-refractivity contribution in [1.82, 2.24) is 14.3 Å². The van der Waals surface area contributed by atoms with Crippen LogP contribution in [0.15, 0.2) is 52.5 Å². The number of thioether (sulfide) groups is 1. The fourth-order valence-electron chi connectivity index (χ4n) is 3.46. The summed E-state index contributed by atoms with van der Waals surface area (Å²) in [6.45, 7) is 2.78. The fraction of sp³-hybridized carbons (Fsp3) is 0.333. The lowest BCUT2D eigenvalue weighted by molar-refractivity contribution is -0.115. The van der Waals surface area contributed by atoms with Gasteiger partial charge in [0.05, 0.1) is 31.9 Å². The number of sulfonamides is 1. The Labute approximate surface area is 190 Å². The van der Waals surface area contributed by atoms with Crippen molar-refractivity contribution in [3.63, 3.8) is 0 Å². The number of piperidine rings is 1. The van der Waals surface area contributed by atoms with Crippen LogP contribution in [-0.4, -0.2) is 46.9 Å². The normalized spacial score (nSPS) is 16.3. The number of carbonyl (C=O) groups is 1. The SMILES string of the molecule is CC(Sc1nc2ccccc2[nH]1)C(=O)Nc1cc(S(=O)(=O)N2CCCCC2)ccc1Cl. The zero-order valence-corrected chi connectivity index (χ0v) is 19.4. The van der Waals surface area contributed by atoms with Crippen molar-refractivity contribution in [2.45, 2.75) is 41.5 Å². The molecule has 0 bridgehead atoms. The second-order valence-corrected chi connectivity index (χ2v) is 11.1. The monoisotopic (exact) mass is 478 g/mol. The molecule has 2 N–H and O–H groups in total.